The fraction of sp³-hybridized carbons (Fsp3) is 0. The predicted octanol–water partition coefficient (Wildman–Crippen LogP) is 0.877. The molecule has 0 nitrogen and oxygen atoms in total. The van der Waals surface area contributed by atoms with Gasteiger partial charge in [0.25, 0.3) is 0 Å². The second-order valence-electron chi connectivity index (χ2n) is 0.192. The van der Waals surface area contributed by atoms with E-state index in [-0.39, 0.29) is 18.6 Å². The molecule has 0 atom stereocenters. The Morgan fingerprint density at radius 1 is 1.00 bits per heavy atom. The van der Waals surface area contributed by atoms with Crippen molar-refractivity contribution < 1.29 is 27.0 Å². The van der Waals surface area contributed by atoms with Gasteiger partial charge in [0.2, 0.25) is 0 Å². The van der Waals surface area contributed by atoms with Crippen molar-refractivity contribution >= 4 is 22.0 Å². The van der Waals surface area contributed by atoms with Crippen LogP contribution in [0.4, 0.5) is 8.44 Å². The topological polar surface area (TPSA) is 0 Å². The van der Waals surface area contributed by atoms with Crippen LogP contribution in [0.3, 0.4) is 0 Å². The van der Waals surface area contributed by atoms with E-state index in [2.05, 4.69) is 0 Å². The van der Waals surface area contributed by atoms with Crippen LogP contribution in [-0.4, -0.2) is 22.0 Å². The van der Waals surface area contributed by atoms with E-state index in [9.17, 15) is 8.44 Å². The van der Waals surface area contributed by atoms with Gasteiger partial charge in [-0.25, -0.2) is 0 Å². The maximum atomic E-state index is 9.85. The molecule has 0 aromatic carbocycles. The van der Waals surface area contributed by atoms with Crippen LogP contribution >= 0.6 is 0 Å². The number of hydrogen-bond acceptors (Lipinski definition) is 0. The molecule has 0 saturated carbocycles. The van der Waals surface area contributed by atoms with E-state index in [0.717, 1.165) is 0 Å². The summed E-state index contributed by atoms with van der Waals surface area (Å²) in [5, 5.41) is 0. The van der Waals surface area contributed by atoms with Crippen LogP contribution < -0.4 is 0 Å². The monoisotopic (exact) mass is 229 g/mol. The predicted molar refractivity (Wildman–Crippen MR) is 9.08 cm³/mol. The minimum absolute atomic E-state index is 0. The third-order valence-electron chi connectivity index (χ3n) is 0. The molecular formula is F3SbV. The Labute approximate surface area is 49.0 Å². The molecule has 0 saturated heterocycles. The SMILES string of the molecule is [F][Sb]([F])[F].[V]. The summed E-state index contributed by atoms with van der Waals surface area (Å²) in [7, 11) is 0. The third kappa shape index (κ3) is 37.2. The van der Waals surface area contributed by atoms with Crippen molar-refractivity contribution in [2.75, 3.05) is 0 Å². The van der Waals surface area contributed by atoms with Gasteiger partial charge in [-0.1, -0.05) is 0 Å². The van der Waals surface area contributed by atoms with Gasteiger partial charge in [0.1, 0.15) is 0 Å². The van der Waals surface area contributed by atoms with Gasteiger partial charge in [-0.3, -0.25) is 0 Å². The van der Waals surface area contributed by atoms with Gasteiger partial charge in [0.05, 0.1) is 0 Å². The van der Waals surface area contributed by atoms with E-state index in [1.807, 2.05) is 0 Å². The minimum atomic E-state index is -4.95. The third-order valence-corrected chi connectivity index (χ3v) is 0. The van der Waals surface area contributed by atoms with Gasteiger partial charge < -0.3 is 0 Å². The van der Waals surface area contributed by atoms with E-state index >= 15 is 0 Å². The molecule has 0 aromatic rings. The van der Waals surface area contributed by atoms with Gasteiger partial charge in [0.15, 0.2) is 0 Å². The van der Waals surface area contributed by atoms with Crippen molar-refractivity contribution in [3.05, 3.63) is 0 Å². The molecule has 0 aliphatic heterocycles. The summed E-state index contributed by atoms with van der Waals surface area (Å²) in [6.45, 7) is 0. The average molecular weight is 230 g/mol. The minimum Gasteiger partial charge on any atom is 0 e. The Bertz CT molecular complexity index is 11.6. The Balaban J connectivity index is 0. The standard InChI is InChI=1S/3FH.Sb.V/h3*1H;;/q;;;+3;/p-3. The fourth-order valence-electron chi connectivity index (χ4n) is 0. The van der Waals surface area contributed by atoms with Crippen molar-refractivity contribution in [3.8, 4) is 0 Å². The van der Waals surface area contributed by atoms with Crippen molar-refractivity contribution in [1.29, 1.82) is 0 Å². The Morgan fingerprint density at radius 2 is 1.00 bits per heavy atom. The number of rotatable bonds is 0. The molecule has 0 aliphatic rings. The summed E-state index contributed by atoms with van der Waals surface area (Å²) in [5.74, 6) is 0. The first kappa shape index (κ1) is 9.50. The van der Waals surface area contributed by atoms with Crippen LogP contribution in [0.5, 0.6) is 0 Å². The quantitative estimate of drug-likeness (QED) is 0.541. The van der Waals surface area contributed by atoms with Crippen molar-refractivity contribution in [2.24, 2.45) is 0 Å². The Hall–Kier alpha value is 1.19. The van der Waals surface area contributed by atoms with Gasteiger partial charge in [-0.2, -0.15) is 0 Å². The first-order chi connectivity index (χ1) is 1.73. The van der Waals surface area contributed by atoms with Gasteiger partial charge >= 0.3 is 30.4 Å². The van der Waals surface area contributed by atoms with Gasteiger partial charge in [0, 0.05) is 18.6 Å². The molecule has 0 aromatic heterocycles. The summed E-state index contributed by atoms with van der Waals surface area (Å²) in [4.78, 5) is 0. The molecule has 0 heterocycles. The second-order valence-corrected chi connectivity index (χ2v) is 1.29. The maximum Gasteiger partial charge on any atom is 0 e. The summed E-state index contributed by atoms with van der Waals surface area (Å²) < 4.78 is 29.6. The summed E-state index contributed by atoms with van der Waals surface area (Å²) >= 11 is -4.95. The molecule has 0 fully saturated rings. The first-order valence-electron chi connectivity index (χ1n) is 0.507. The summed E-state index contributed by atoms with van der Waals surface area (Å²) in [6.07, 6.45) is 0. The summed E-state index contributed by atoms with van der Waals surface area (Å²) in [5.41, 5.74) is 0. The molecule has 0 aliphatic carbocycles. The van der Waals surface area contributed by atoms with E-state index in [4.69, 9.17) is 0 Å². The van der Waals surface area contributed by atoms with E-state index in [0.29, 0.717) is 0 Å². The van der Waals surface area contributed by atoms with Crippen LogP contribution in [0.25, 0.3) is 0 Å². The maximum absolute atomic E-state index is 9.85. The average Bonchev–Trinajstić information content (AvgIpc) is 0.811. The molecule has 1 radical (unpaired) electrons. The molecule has 31 valence electrons. The van der Waals surface area contributed by atoms with Crippen LogP contribution in [0, 0.1) is 0 Å². The van der Waals surface area contributed by atoms with Crippen LogP contribution in [0.2, 0.25) is 0 Å². The van der Waals surface area contributed by atoms with Crippen molar-refractivity contribution in [2.45, 2.75) is 0 Å². The molecule has 0 unspecified atom stereocenters. The Morgan fingerprint density at radius 3 is 1.00 bits per heavy atom. The molecule has 5 heavy (non-hydrogen) atoms. The van der Waals surface area contributed by atoms with Gasteiger partial charge in [-0.05, 0) is 0 Å². The fourth-order valence-corrected chi connectivity index (χ4v) is 0. The van der Waals surface area contributed by atoms with Gasteiger partial charge in [-0.15, -0.1) is 0 Å². The number of hydrogen-bond donors (Lipinski definition) is 0. The zero-order chi connectivity index (χ0) is 3.58. The van der Waals surface area contributed by atoms with E-state index < -0.39 is 22.0 Å². The molecule has 0 N–H and O–H groups in total. The van der Waals surface area contributed by atoms with Crippen molar-refractivity contribution in [3.63, 3.8) is 0 Å². The zero-order valence-corrected chi connectivity index (χ0v) is 5.98. The van der Waals surface area contributed by atoms with E-state index in [1.54, 1.807) is 0 Å². The zero-order valence-electron chi connectivity index (χ0n) is 2.03. The van der Waals surface area contributed by atoms with E-state index in [1.165, 1.54) is 0 Å². The van der Waals surface area contributed by atoms with Crippen LogP contribution in [-0.2, 0) is 18.6 Å². The molecule has 0 bridgehead atoms. The Kier molecular flexibility index (Phi) is 9.86. The molecule has 0 rings (SSSR count). The van der Waals surface area contributed by atoms with Crippen LogP contribution in [0.1, 0.15) is 0 Å². The van der Waals surface area contributed by atoms with Crippen LogP contribution in [0.15, 0.2) is 0 Å². The first-order valence-corrected chi connectivity index (χ1v) is 3.40. The molecular weight excluding hydrogens is 230 g/mol. The molecule has 0 amide bonds. The normalized spacial score (nSPS) is 7.20. The summed E-state index contributed by atoms with van der Waals surface area (Å²) in [6, 6.07) is 0. The second kappa shape index (κ2) is 5.19. The molecule has 5 heteroatoms. The van der Waals surface area contributed by atoms with Crippen molar-refractivity contribution in [1.82, 2.24) is 0 Å². The smallest absolute Gasteiger partial charge is 0 e. The largest absolute Gasteiger partial charge is 0 e. The number of halogens is 3. The molecule has 0 spiro atoms.